The van der Waals surface area contributed by atoms with Crippen molar-refractivity contribution in [1.29, 1.82) is 0 Å². The first-order valence-corrected chi connectivity index (χ1v) is 4.77. The van der Waals surface area contributed by atoms with Crippen molar-refractivity contribution < 1.29 is 4.74 Å². The summed E-state index contributed by atoms with van der Waals surface area (Å²) < 4.78 is 5.31. The minimum absolute atomic E-state index is 0.323. The van der Waals surface area contributed by atoms with Crippen LogP contribution >= 0.6 is 0 Å². The van der Waals surface area contributed by atoms with E-state index >= 15 is 0 Å². The Bertz CT molecular complexity index is 446. The second kappa shape index (κ2) is 4.65. The number of nitrogens with zero attached hydrogens (tertiary/aromatic N) is 3. The Kier molecular flexibility index (Phi) is 3.04. The predicted octanol–water partition coefficient (Wildman–Crippen LogP) is 0.623. The van der Waals surface area contributed by atoms with Gasteiger partial charge in [0.05, 0.1) is 5.52 Å². The minimum Gasteiger partial charge on any atom is -0.461 e. The minimum atomic E-state index is 0.323. The molecule has 1 heterocycles. The maximum atomic E-state index is 5.31. The van der Waals surface area contributed by atoms with E-state index in [1.807, 2.05) is 31.3 Å². The third-order valence-electron chi connectivity index (χ3n) is 1.92. The van der Waals surface area contributed by atoms with Crippen molar-refractivity contribution in [3.8, 4) is 6.01 Å². The van der Waals surface area contributed by atoms with E-state index in [1.54, 1.807) is 0 Å². The highest BCUT2D eigenvalue weighted by atomic mass is 16.5. The number of likely N-dealkylation sites (N-methyl/N-ethyl adjacent to an activating group) is 1. The van der Waals surface area contributed by atoms with E-state index in [4.69, 9.17) is 4.74 Å². The molecule has 0 radical (unpaired) electrons. The molecule has 0 spiro atoms. The molecule has 2 aromatic rings. The monoisotopic (exact) mass is 204 g/mol. The van der Waals surface area contributed by atoms with Crippen LogP contribution in [0.4, 0.5) is 0 Å². The summed E-state index contributed by atoms with van der Waals surface area (Å²) in [6, 6.07) is 7.89. The van der Waals surface area contributed by atoms with Crippen molar-refractivity contribution in [3.63, 3.8) is 0 Å². The topological polar surface area (TPSA) is 59.9 Å². The molecule has 0 saturated carbocycles. The van der Waals surface area contributed by atoms with Crippen LogP contribution in [0.15, 0.2) is 24.3 Å². The molecular weight excluding hydrogens is 192 g/mol. The summed E-state index contributed by atoms with van der Waals surface area (Å²) in [6.07, 6.45) is 0. The number of aromatic nitrogens is 3. The summed E-state index contributed by atoms with van der Waals surface area (Å²) in [5.41, 5.74) is 1.57. The van der Waals surface area contributed by atoms with Gasteiger partial charge in [-0.25, -0.2) is 0 Å². The van der Waals surface area contributed by atoms with Crippen LogP contribution in [0.3, 0.4) is 0 Å². The summed E-state index contributed by atoms with van der Waals surface area (Å²) >= 11 is 0. The van der Waals surface area contributed by atoms with Gasteiger partial charge in [0, 0.05) is 6.54 Å². The number of hydrogen-bond acceptors (Lipinski definition) is 5. The Morgan fingerprint density at radius 2 is 2.00 bits per heavy atom. The summed E-state index contributed by atoms with van der Waals surface area (Å²) in [7, 11) is 1.86. The van der Waals surface area contributed by atoms with Crippen LogP contribution in [0.2, 0.25) is 0 Å². The third-order valence-corrected chi connectivity index (χ3v) is 1.92. The molecule has 0 fully saturated rings. The Balaban J connectivity index is 2.16. The Labute approximate surface area is 87.5 Å². The lowest BCUT2D eigenvalue weighted by Crippen LogP contribution is -2.17. The third kappa shape index (κ3) is 2.38. The number of nitrogens with one attached hydrogen (secondary N) is 1. The fourth-order valence-corrected chi connectivity index (χ4v) is 1.17. The van der Waals surface area contributed by atoms with Gasteiger partial charge in [-0.15, -0.1) is 5.10 Å². The highest BCUT2D eigenvalue weighted by Gasteiger charge is 2.00. The molecule has 1 aromatic heterocycles. The molecule has 0 bridgehead atoms. The van der Waals surface area contributed by atoms with E-state index in [-0.39, 0.29) is 0 Å². The van der Waals surface area contributed by atoms with Crippen LogP contribution in [0.25, 0.3) is 11.0 Å². The quantitative estimate of drug-likeness (QED) is 0.740. The van der Waals surface area contributed by atoms with Gasteiger partial charge in [0.1, 0.15) is 12.1 Å². The molecule has 2 rings (SSSR count). The standard InChI is InChI=1S/C10H12N4O/c1-11-6-7-15-10-12-8-4-2-3-5-9(8)13-14-10/h2-5,11H,6-7H2,1H3. The van der Waals surface area contributed by atoms with Gasteiger partial charge in [0.15, 0.2) is 0 Å². The molecule has 0 amide bonds. The zero-order valence-electron chi connectivity index (χ0n) is 8.47. The van der Waals surface area contributed by atoms with Crippen molar-refractivity contribution in [2.24, 2.45) is 0 Å². The summed E-state index contributed by atoms with van der Waals surface area (Å²) in [5, 5.41) is 10.8. The maximum absolute atomic E-state index is 5.31. The highest BCUT2D eigenvalue weighted by Crippen LogP contribution is 2.09. The van der Waals surface area contributed by atoms with Crippen molar-refractivity contribution in [3.05, 3.63) is 24.3 Å². The van der Waals surface area contributed by atoms with Crippen LogP contribution in [0.1, 0.15) is 0 Å². The number of para-hydroxylation sites is 1. The summed E-state index contributed by atoms with van der Waals surface area (Å²) in [4.78, 5) is 4.22. The smallest absolute Gasteiger partial charge is 0.336 e. The lowest BCUT2D eigenvalue weighted by atomic mass is 10.3. The van der Waals surface area contributed by atoms with Crippen LogP contribution in [-0.2, 0) is 0 Å². The molecule has 5 heteroatoms. The van der Waals surface area contributed by atoms with Gasteiger partial charge in [0.25, 0.3) is 0 Å². The average molecular weight is 204 g/mol. The molecule has 0 aliphatic heterocycles. The van der Waals surface area contributed by atoms with E-state index in [0.717, 1.165) is 17.6 Å². The molecule has 0 atom stereocenters. The van der Waals surface area contributed by atoms with E-state index in [0.29, 0.717) is 12.6 Å². The van der Waals surface area contributed by atoms with Crippen molar-refractivity contribution in [2.75, 3.05) is 20.2 Å². The molecule has 0 aliphatic carbocycles. The first kappa shape index (κ1) is 9.79. The fraction of sp³-hybridized carbons (Fsp3) is 0.300. The lowest BCUT2D eigenvalue weighted by Gasteiger charge is -2.03. The van der Waals surface area contributed by atoms with E-state index < -0.39 is 0 Å². The van der Waals surface area contributed by atoms with Gasteiger partial charge < -0.3 is 10.1 Å². The molecule has 1 N–H and O–H groups in total. The lowest BCUT2D eigenvalue weighted by molar-refractivity contribution is 0.291. The molecule has 0 saturated heterocycles. The second-order valence-electron chi connectivity index (χ2n) is 3.04. The summed E-state index contributed by atoms with van der Waals surface area (Å²) in [5.74, 6) is 0. The normalized spacial score (nSPS) is 10.5. The van der Waals surface area contributed by atoms with Crippen molar-refractivity contribution in [1.82, 2.24) is 20.5 Å². The first-order chi connectivity index (χ1) is 7.40. The predicted molar refractivity (Wildman–Crippen MR) is 56.8 cm³/mol. The Morgan fingerprint density at radius 3 is 2.80 bits per heavy atom. The fourth-order valence-electron chi connectivity index (χ4n) is 1.17. The second-order valence-corrected chi connectivity index (χ2v) is 3.04. The van der Waals surface area contributed by atoms with Gasteiger partial charge in [0.2, 0.25) is 0 Å². The molecule has 5 nitrogen and oxygen atoms in total. The van der Waals surface area contributed by atoms with Gasteiger partial charge in [-0.05, 0) is 19.2 Å². The zero-order chi connectivity index (χ0) is 10.5. The van der Waals surface area contributed by atoms with Gasteiger partial charge >= 0.3 is 6.01 Å². The van der Waals surface area contributed by atoms with Crippen LogP contribution in [0.5, 0.6) is 6.01 Å². The van der Waals surface area contributed by atoms with Crippen LogP contribution in [0, 0.1) is 0 Å². The molecule has 0 aliphatic rings. The van der Waals surface area contributed by atoms with Crippen LogP contribution in [-0.4, -0.2) is 35.4 Å². The SMILES string of the molecule is CNCCOc1nnc2ccccc2n1. The number of fused-ring (bicyclic) bond motifs is 1. The molecule has 0 unspecified atom stereocenters. The van der Waals surface area contributed by atoms with E-state index in [1.165, 1.54) is 0 Å². The molecule has 1 aromatic carbocycles. The van der Waals surface area contributed by atoms with Gasteiger partial charge in [-0.2, -0.15) is 4.98 Å². The summed E-state index contributed by atoms with van der Waals surface area (Å²) in [6.45, 7) is 1.30. The number of ether oxygens (including phenoxy) is 1. The van der Waals surface area contributed by atoms with Gasteiger partial charge in [-0.1, -0.05) is 17.2 Å². The first-order valence-electron chi connectivity index (χ1n) is 4.77. The van der Waals surface area contributed by atoms with Crippen LogP contribution < -0.4 is 10.1 Å². The maximum Gasteiger partial charge on any atom is 0.336 e. The molecule has 78 valence electrons. The molecular formula is C10H12N4O. The van der Waals surface area contributed by atoms with Crippen molar-refractivity contribution in [2.45, 2.75) is 0 Å². The Hall–Kier alpha value is -1.75. The van der Waals surface area contributed by atoms with E-state index in [2.05, 4.69) is 20.5 Å². The Morgan fingerprint density at radius 1 is 1.20 bits per heavy atom. The highest BCUT2D eigenvalue weighted by molar-refractivity contribution is 5.73. The number of hydrogen-bond donors (Lipinski definition) is 1. The van der Waals surface area contributed by atoms with Gasteiger partial charge in [-0.3, -0.25) is 0 Å². The largest absolute Gasteiger partial charge is 0.461 e. The van der Waals surface area contributed by atoms with E-state index in [9.17, 15) is 0 Å². The zero-order valence-corrected chi connectivity index (χ0v) is 8.47. The average Bonchev–Trinajstić information content (AvgIpc) is 2.29. The number of rotatable bonds is 4. The number of benzene rings is 1. The molecule has 15 heavy (non-hydrogen) atoms. The van der Waals surface area contributed by atoms with Crippen molar-refractivity contribution >= 4 is 11.0 Å².